The summed E-state index contributed by atoms with van der Waals surface area (Å²) in [6.07, 6.45) is 5.44. The van der Waals surface area contributed by atoms with E-state index in [4.69, 9.17) is 4.74 Å². The number of hydrogen-bond donors (Lipinski definition) is 0. The number of allylic oxidation sites excluding steroid dienone is 1. The molecule has 0 heterocycles. The summed E-state index contributed by atoms with van der Waals surface area (Å²) >= 11 is 0. The van der Waals surface area contributed by atoms with Crippen LogP contribution in [-0.4, -0.2) is 12.6 Å². The molecule has 74 valence electrons. The fourth-order valence-electron chi connectivity index (χ4n) is 0.740. The molecule has 0 aliphatic rings. The quantitative estimate of drug-likeness (QED) is 0.482. The minimum atomic E-state index is -0.197. The van der Waals surface area contributed by atoms with Gasteiger partial charge in [-0.05, 0) is 12.8 Å². The molecule has 13 heavy (non-hydrogen) atoms. The summed E-state index contributed by atoms with van der Waals surface area (Å²) in [5.74, 6) is 0.105. The van der Waals surface area contributed by atoms with Crippen molar-refractivity contribution in [3.8, 4) is 0 Å². The van der Waals surface area contributed by atoms with Gasteiger partial charge in [-0.2, -0.15) is 0 Å². The van der Waals surface area contributed by atoms with E-state index in [1.807, 2.05) is 19.1 Å². The molecule has 0 radical (unpaired) electrons. The van der Waals surface area contributed by atoms with E-state index in [9.17, 15) is 4.79 Å². The highest BCUT2D eigenvalue weighted by molar-refractivity contribution is 5.74. The van der Waals surface area contributed by atoms with Crippen LogP contribution in [0.5, 0.6) is 0 Å². The van der Waals surface area contributed by atoms with E-state index < -0.39 is 0 Å². The highest BCUT2D eigenvalue weighted by Gasteiger charge is 2.09. The van der Waals surface area contributed by atoms with E-state index >= 15 is 0 Å². The summed E-state index contributed by atoms with van der Waals surface area (Å²) in [5, 5.41) is 0. The Morgan fingerprint density at radius 3 is 2.46 bits per heavy atom. The normalized spacial score (nSPS) is 13.2. The second-order valence-electron chi connectivity index (χ2n) is 3.34. The summed E-state index contributed by atoms with van der Waals surface area (Å²) in [4.78, 5) is 11.2. The molecule has 0 rings (SSSR count). The first kappa shape index (κ1) is 11.9. The second-order valence-corrected chi connectivity index (χ2v) is 3.34. The van der Waals surface area contributed by atoms with Crippen LogP contribution in [-0.2, 0) is 9.53 Å². The zero-order valence-corrected chi connectivity index (χ0v) is 8.62. The summed E-state index contributed by atoms with van der Waals surface area (Å²) in [5.41, 5.74) is 0. The molecule has 0 aromatic carbocycles. The first-order chi connectivity index (χ1) is 6.07. The maximum absolute atomic E-state index is 11.2. The smallest absolute Gasteiger partial charge is 0.312 e. The minimum Gasteiger partial charge on any atom is -0.461 e. The van der Waals surface area contributed by atoms with E-state index in [0.717, 1.165) is 0 Å². The van der Waals surface area contributed by atoms with Gasteiger partial charge in [-0.25, -0.2) is 0 Å². The van der Waals surface area contributed by atoms with Crippen LogP contribution in [0.25, 0.3) is 0 Å². The van der Waals surface area contributed by atoms with Gasteiger partial charge in [-0.3, -0.25) is 4.79 Å². The number of carbonyl (C=O) groups excluding carboxylic acids is 1. The number of ether oxygens (including phenoxy) is 1. The zero-order valence-electron chi connectivity index (χ0n) is 8.62. The second kappa shape index (κ2) is 6.46. The Kier molecular flexibility index (Phi) is 5.94. The third-order valence-corrected chi connectivity index (χ3v) is 1.50. The van der Waals surface area contributed by atoms with Gasteiger partial charge in [-0.1, -0.05) is 38.7 Å². The molecule has 2 nitrogen and oxygen atoms in total. The maximum Gasteiger partial charge on any atom is 0.312 e. The van der Waals surface area contributed by atoms with Crippen molar-refractivity contribution in [2.45, 2.75) is 20.8 Å². The summed E-state index contributed by atoms with van der Waals surface area (Å²) in [6.45, 7) is 9.72. The fraction of sp³-hybridized carbons (Fsp3) is 0.545. The lowest BCUT2D eigenvalue weighted by atomic mass is 10.1. The van der Waals surface area contributed by atoms with Crippen molar-refractivity contribution in [1.82, 2.24) is 0 Å². The van der Waals surface area contributed by atoms with Crippen LogP contribution in [0.15, 0.2) is 24.8 Å². The highest BCUT2D eigenvalue weighted by atomic mass is 16.5. The average Bonchev–Trinajstić information content (AvgIpc) is 2.10. The average molecular weight is 182 g/mol. The van der Waals surface area contributed by atoms with Crippen LogP contribution in [0.4, 0.5) is 0 Å². The molecule has 0 aliphatic heterocycles. The van der Waals surface area contributed by atoms with Crippen LogP contribution in [0, 0.1) is 11.8 Å². The van der Waals surface area contributed by atoms with Gasteiger partial charge in [0.2, 0.25) is 0 Å². The Morgan fingerprint density at radius 1 is 1.38 bits per heavy atom. The van der Waals surface area contributed by atoms with E-state index in [1.54, 1.807) is 6.08 Å². The molecule has 0 fully saturated rings. The summed E-state index contributed by atoms with van der Waals surface area (Å²) in [6, 6.07) is 0. The van der Waals surface area contributed by atoms with Gasteiger partial charge < -0.3 is 4.74 Å². The van der Waals surface area contributed by atoms with E-state index in [-0.39, 0.29) is 11.9 Å². The summed E-state index contributed by atoms with van der Waals surface area (Å²) < 4.78 is 4.88. The van der Waals surface area contributed by atoms with E-state index in [0.29, 0.717) is 12.5 Å². The Labute approximate surface area is 80.3 Å². The van der Waals surface area contributed by atoms with Crippen molar-refractivity contribution in [2.24, 2.45) is 11.8 Å². The Bertz CT molecular complexity index is 192. The number of hydrogen-bond acceptors (Lipinski definition) is 2. The molecule has 1 unspecified atom stereocenters. The lowest BCUT2D eigenvalue weighted by molar-refractivity contribution is -0.144. The molecular weight excluding hydrogens is 164 g/mol. The first-order valence-electron chi connectivity index (χ1n) is 4.53. The van der Waals surface area contributed by atoms with Gasteiger partial charge in [0.15, 0.2) is 0 Å². The van der Waals surface area contributed by atoms with Gasteiger partial charge in [-0.15, -0.1) is 0 Å². The van der Waals surface area contributed by atoms with Crippen molar-refractivity contribution < 1.29 is 9.53 Å². The minimum absolute atomic E-state index is 0.164. The van der Waals surface area contributed by atoms with Gasteiger partial charge in [0.25, 0.3) is 0 Å². The molecular formula is C11H18O2. The lowest BCUT2D eigenvalue weighted by Crippen LogP contribution is -2.12. The van der Waals surface area contributed by atoms with Crippen molar-refractivity contribution in [1.29, 1.82) is 0 Å². The predicted octanol–water partition coefficient (Wildman–Crippen LogP) is 2.56. The summed E-state index contributed by atoms with van der Waals surface area (Å²) in [7, 11) is 0. The molecule has 0 aromatic rings. The fourth-order valence-corrected chi connectivity index (χ4v) is 0.740. The lowest BCUT2D eigenvalue weighted by Gasteiger charge is -2.05. The van der Waals surface area contributed by atoms with Crippen LogP contribution in [0.3, 0.4) is 0 Å². The van der Waals surface area contributed by atoms with Gasteiger partial charge in [0.05, 0.1) is 5.92 Å². The monoisotopic (exact) mass is 182 g/mol. The standard InChI is InChI=1S/C11H18O2/c1-5-8-13-11(12)10(4)7-6-9(2)3/h5-7,9-10H,1,8H2,2-4H3/b7-6-. The Hall–Kier alpha value is -1.05. The largest absolute Gasteiger partial charge is 0.461 e. The zero-order chi connectivity index (χ0) is 10.3. The van der Waals surface area contributed by atoms with Gasteiger partial charge in [0.1, 0.15) is 6.61 Å². The van der Waals surface area contributed by atoms with Crippen molar-refractivity contribution in [3.05, 3.63) is 24.8 Å². The third kappa shape index (κ3) is 6.14. The first-order valence-corrected chi connectivity index (χ1v) is 4.53. The predicted molar refractivity (Wildman–Crippen MR) is 54.3 cm³/mol. The topological polar surface area (TPSA) is 26.3 Å². The molecule has 0 aromatic heterocycles. The molecule has 0 spiro atoms. The Morgan fingerprint density at radius 2 is 2.00 bits per heavy atom. The van der Waals surface area contributed by atoms with Crippen LogP contribution >= 0.6 is 0 Å². The molecule has 0 aliphatic carbocycles. The maximum atomic E-state index is 11.2. The number of esters is 1. The third-order valence-electron chi connectivity index (χ3n) is 1.50. The van der Waals surface area contributed by atoms with Crippen molar-refractivity contribution in [3.63, 3.8) is 0 Å². The molecule has 0 bridgehead atoms. The van der Waals surface area contributed by atoms with Crippen molar-refractivity contribution in [2.75, 3.05) is 6.61 Å². The Balaban J connectivity index is 3.88. The van der Waals surface area contributed by atoms with Crippen LogP contribution in [0.1, 0.15) is 20.8 Å². The molecule has 0 saturated carbocycles. The van der Waals surface area contributed by atoms with Crippen LogP contribution in [0.2, 0.25) is 0 Å². The molecule has 1 atom stereocenters. The highest BCUT2D eigenvalue weighted by Crippen LogP contribution is 2.04. The number of rotatable bonds is 5. The van der Waals surface area contributed by atoms with E-state index in [1.165, 1.54) is 0 Å². The van der Waals surface area contributed by atoms with Crippen molar-refractivity contribution >= 4 is 5.97 Å². The van der Waals surface area contributed by atoms with Gasteiger partial charge >= 0.3 is 5.97 Å². The molecule has 2 heteroatoms. The van der Waals surface area contributed by atoms with Gasteiger partial charge in [0, 0.05) is 0 Å². The SMILES string of the molecule is C=CCOC(=O)C(C)/C=C\C(C)C. The molecule has 0 N–H and O–H groups in total. The molecule has 0 saturated heterocycles. The van der Waals surface area contributed by atoms with E-state index in [2.05, 4.69) is 20.4 Å². The number of carbonyl (C=O) groups is 1. The molecule has 0 amide bonds. The van der Waals surface area contributed by atoms with Crippen LogP contribution < -0.4 is 0 Å².